The van der Waals surface area contributed by atoms with Gasteiger partial charge in [0.15, 0.2) is 0 Å². The lowest BCUT2D eigenvalue weighted by atomic mass is 10.4. The molecule has 1 aliphatic heterocycles. The molecule has 1 fully saturated rings. The Morgan fingerprint density at radius 2 is 2.42 bits per heavy atom. The molecule has 0 amide bonds. The second-order valence-corrected chi connectivity index (χ2v) is 4.90. The summed E-state index contributed by atoms with van der Waals surface area (Å²) in [6.45, 7) is 3.54. The van der Waals surface area contributed by atoms with Crippen LogP contribution in [0.2, 0.25) is 6.04 Å². The Morgan fingerprint density at radius 3 is 2.92 bits per heavy atom. The molecule has 1 heterocycles. The van der Waals surface area contributed by atoms with Crippen LogP contribution in [0.4, 0.5) is 4.11 Å². The zero-order valence-corrected chi connectivity index (χ0v) is 7.72. The summed E-state index contributed by atoms with van der Waals surface area (Å²) in [6, 6.07) is 0.243. The van der Waals surface area contributed by atoms with Gasteiger partial charge in [0.2, 0.25) is 0 Å². The molecular formula is C7H11FO3Si. The van der Waals surface area contributed by atoms with Crippen LogP contribution in [-0.2, 0) is 13.6 Å². The van der Waals surface area contributed by atoms with Crippen LogP contribution in [0, 0.1) is 0 Å². The summed E-state index contributed by atoms with van der Waals surface area (Å²) in [5, 5.41) is 0. The summed E-state index contributed by atoms with van der Waals surface area (Å²) in [7, 11) is -3.64. The zero-order valence-electron chi connectivity index (χ0n) is 6.72. The number of carbonyl (C=O) groups excluding carboxylic acids is 1. The van der Waals surface area contributed by atoms with Crippen LogP contribution < -0.4 is 0 Å². The first-order valence-corrected chi connectivity index (χ1v) is 5.75. The zero-order chi connectivity index (χ0) is 9.03. The van der Waals surface area contributed by atoms with Gasteiger partial charge in [-0.05, 0) is 12.8 Å². The highest BCUT2D eigenvalue weighted by Gasteiger charge is 2.45. The predicted octanol–water partition coefficient (Wildman–Crippen LogP) is 1.43. The van der Waals surface area contributed by atoms with E-state index in [9.17, 15) is 8.90 Å². The molecule has 0 aromatic heterocycles. The molecule has 0 radical (unpaired) electrons. The van der Waals surface area contributed by atoms with Gasteiger partial charge < -0.3 is 8.85 Å². The lowest BCUT2D eigenvalue weighted by molar-refractivity contribution is -0.132. The minimum absolute atomic E-state index is 0.243. The molecule has 5 heteroatoms. The monoisotopic (exact) mass is 190 g/mol. The number of rotatable bonds is 2. The molecule has 1 aliphatic rings. The van der Waals surface area contributed by atoms with Gasteiger partial charge in [-0.1, -0.05) is 6.58 Å². The Kier molecular flexibility index (Phi) is 2.99. The van der Waals surface area contributed by atoms with Crippen molar-refractivity contribution in [2.45, 2.75) is 18.9 Å². The highest BCUT2D eigenvalue weighted by Crippen LogP contribution is 2.23. The minimum atomic E-state index is -3.64. The van der Waals surface area contributed by atoms with Crippen molar-refractivity contribution < 1.29 is 17.8 Å². The second-order valence-electron chi connectivity index (χ2n) is 2.59. The quantitative estimate of drug-likeness (QED) is 0.375. The van der Waals surface area contributed by atoms with E-state index in [0.29, 0.717) is 6.61 Å². The van der Waals surface area contributed by atoms with Gasteiger partial charge >= 0.3 is 14.9 Å². The normalized spacial score (nSPS) is 29.4. The third-order valence-corrected chi connectivity index (χ3v) is 3.70. The van der Waals surface area contributed by atoms with Gasteiger partial charge in [0.25, 0.3) is 0 Å². The van der Waals surface area contributed by atoms with Crippen molar-refractivity contribution >= 4 is 14.9 Å². The van der Waals surface area contributed by atoms with Crippen LogP contribution in [0.15, 0.2) is 12.7 Å². The van der Waals surface area contributed by atoms with Crippen LogP contribution in [0.5, 0.6) is 0 Å². The lowest BCUT2D eigenvalue weighted by Gasteiger charge is -2.24. The maximum absolute atomic E-state index is 13.4. The summed E-state index contributed by atoms with van der Waals surface area (Å²) < 4.78 is 22.8. The molecule has 0 aromatic rings. The third kappa shape index (κ3) is 2.42. The van der Waals surface area contributed by atoms with Gasteiger partial charge in [0, 0.05) is 18.7 Å². The minimum Gasteiger partial charge on any atom is -0.467 e. The Bertz CT molecular complexity index is 189. The Labute approximate surface area is 71.6 Å². The molecule has 0 N–H and O–H groups in total. The smallest absolute Gasteiger partial charge is 0.467 e. The van der Waals surface area contributed by atoms with Crippen molar-refractivity contribution in [1.82, 2.24) is 0 Å². The maximum atomic E-state index is 13.4. The molecule has 0 aromatic carbocycles. The van der Waals surface area contributed by atoms with Crippen molar-refractivity contribution in [1.29, 1.82) is 0 Å². The van der Waals surface area contributed by atoms with E-state index in [-0.39, 0.29) is 6.04 Å². The molecule has 68 valence electrons. The van der Waals surface area contributed by atoms with E-state index in [1.54, 1.807) is 0 Å². The van der Waals surface area contributed by atoms with Crippen molar-refractivity contribution in [3.05, 3.63) is 12.7 Å². The first-order chi connectivity index (χ1) is 5.66. The lowest BCUT2D eigenvalue weighted by Crippen LogP contribution is -2.41. The van der Waals surface area contributed by atoms with Crippen molar-refractivity contribution in [3.8, 4) is 0 Å². The SMILES string of the molecule is C=CC(=O)O[Si]1(F)CCCCO1. The molecular weight excluding hydrogens is 179 g/mol. The predicted molar refractivity (Wildman–Crippen MR) is 43.1 cm³/mol. The number of carbonyl (C=O) groups is 1. The van der Waals surface area contributed by atoms with Crippen molar-refractivity contribution in [2.75, 3.05) is 6.61 Å². The molecule has 0 saturated carbocycles. The second kappa shape index (κ2) is 3.82. The van der Waals surface area contributed by atoms with E-state index in [4.69, 9.17) is 4.43 Å². The molecule has 3 nitrogen and oxygen atoms in total. The Balaban J connectivity index is 2.46. The van der Waals surface area contributed by atoms with Crippen LogP contribution in [0.1, 0.15) is 12.8 Å². The van der Waals surface area contributed by atoms with Gasteiger partial charge in [-0.2, -0.15) is 0 Å². The van der Waals surface area contributed by atoms with E-state index >= 15 is 0 Å². The Hall–Kier alpha value is -0.683. The Morgan fingerprint density at radius 1 is 1.67 bits per heavy atom. The summed E-state index contributed by atoms with van der Waals surface area (Å²) in [5.74, 6) is -0.730. The summed E-state index contributed by atoms with van der Waals surface area (Å²) in [6.07, 6.45) is 2.52. The third-order valence-electron chi connectivity index (χ3n) is 1.61. The van der Waals surface area contributed by atoms with E-state index in [1.807, 2.05) is 0 Å². The van der Waals surface area contributed by atoms with E-state index in [1.165, 1.54) is 0 Å². The topological polar surface area (TPSA) is 35.5 Å². The van der Waals surface area contributed by atoms with E-state index in [2.05, 4.69) is 11.0 Å². The molecule has 0 bridgehead atoms. The highest BCUT2D eigenvalue weighted by atomic mass is 28.4. The fraction of sp³-hybridized carbons (Fsp3) is 0.571. The van der Waals surface area contributed by atoms with Crippen LogP contribution in [0.3, 0.4) is 0 Å². The fourth-order valence-electron chi connectivity index (χ4n) is 1.01. The van der Waals surface area contributed by atoms with Gasteiger partial charge in [-0.15, -0.1) is 0 Å². The highest BCUT2D eigenvalue weighted by molar-refractivity contribution is 6.62. The summed E-state index contributed by atoms with van der Waals surface area (Å²) in [5.41, 5.74) is 0. The van der Waals surface area contributed by atoms with Gasteiger partial charge in [0.05, 0.1) is 0 Å². The van der Waals surface area contributed by atoms with Gasteiger partial charge in [0.1, 0.15) is 0 Å². The number of hydrogen-bond acceptors (Lipinski definition) is 3. The number of hydrogen-bond donors (Lipinski definition) is 0. The molecule has 1 saturated heterocycles. The molecule has 12 heavy (non-hydrogen) atoms. The average molecular weight is 190 g/mol. The first kappa shape index (κ1) is 9.41. The number of halogens is 1. The maximum Gasteiger partial charge on any atom is 0.606 e. The summed E-state index contributed by atoms with van der Waals surface area (Å²) in [4.78, 5) is 10.7. The first-order valence-electron chi connectivity index (χ1n) is 3.84. The standard InChI is InChI=1S/C7H11FO3Si/c1-2-7(9)11-12(8)6-4-3-5-10-12/h2H,1,3-6H2. The van der Waals surface area contributed by atoms with Crippen LogP contribution in [0.25, 0.3) is 0 Å². The average Bonchev–Trinajstić information content (AvgIpc) is 2.05. The van der Waals surface area contributed by atoms with E-state index in [0.717, 1.165) is 18.9 Å². The molecule has 0 spiro atoms. The fourth-order valence-corrected chi connectivity index (χ4v) is 2.82. The molecule has 1 rings (SSSR count). The van der Waals surface area contributed by atoms with Gasteiger partial charge in [-0.3, -0.25) is 0 Å². The molecule has 1 atom stereocenters. The van der Waals surface area contributed by atoms with E-state index < -0.39 is 14.9 Å². The van der Waals surface area contributed by atoms with Gasteiger partial charge in [-0.25, -0.2) is 8.90 Å². The van der Waals surface area contributed by atoms with Crippen LogP contribution >= 0.6 is 0 Å². The van der Waals surface area contributed by atoms with Crippen molar-refractivity contribution in [3.63, 3.8) is 0 Å². The molecule has 0 aliphatic carbocycles. The largest absolute Gasteiger partial charge is 0.606 e. The van der Waals surface area contributed by atoms with Crippen molar-refractivity contribution in [2.24, 2.45) is 0 Å². The summed E-state index contributed by atoms with van der Waals surface area (Å²) >= 11 is 0. The van der Waals surface area contributed by atoms with Crippen LogP contribution in [-0.4, -0.2) is 21.5 Å². The molecule has 1 unspecified atom stereocenters.